The molecule has 0 bridgehead atoms. The third kappa shape index (κ3) is 3.27. The van der Waals surface area contributed by atoms with Crippen LogP contribution in [-0.4, -0.2) is 15.9 Å². The van der Waals surface area contributed by atoms with Crippen LogP contribution < -0.4 is 11.1 Å². The topological polar surface area (TPSA) is 105 Å². The van der Waals surface area contributed by atoms with Crippen LogP contribution in [0.4, 0.5) is 15.9 Å². The minimum Gasteiger partial charge on any atom is -0.396 e. The molecule has 1 saturated carbocycles. The van der Waals surface area contributed by atoms with Crippen molar-refractivity contribution in [2.75, 3.05) is 11.1 Å². The number of halogens is 1. The summed E-state index contributed by atoms with van der Waals surface area (Å²) in [6.45, 7) is 3.84. The van der Waals surface area contributed by atoms with Gasteiger partial charge in [-0.25, -0.2) is 9.37 Å². The van der Waals surface area contributed by atoms with E-state index >= 15 is 0 Å². The highest BCUT2D eigenvalue weighted by Crippen LogP contribution is 2.48. The molecule has 7 heteroatoms. The molecule has 0 spiro atoms. The van der Waals surface area contributed by atoms with Gasteiger partial charge in [0.1, 0.15) is 5.82 Å². The number of nitrogen functional groups attached to an aromatic ring is 1. The highest BCUT2D eigenvalue weighted by Gasteiger charge is 2.51. The maximum Gasteiger partial charge on any atom is 0.229 e. The van der Waals surface area contributed by atoms with Crippen LogP contribution >= 0.6 is 0 Å². The molecule has 1 aliphatic rings. The Morgan fingerprint density at radius 2 is 2.14 bits per heavy atom. The lowest BCUT2D eigenvalue weighted by Gasteiger charge is -2.12. The summed E-state index contributed by atoms with van der Waals surface area (Å²) in [7, 11) is 0. The van der Waals surface area contributed by atoms with Crippen LogP contribution in [0.15, 0.2) is 36.8 Å². The van der Waals surface area contributed by atoms with Crippen molar-refractivity contribution in [3.8, 4) is 17.2 Å². The van der Waals surface area contributed by atoms with Gasteiger partial charge in [0.25, 0.3) is 0 Å². The molecule has 1 aromatic carbocycles. The number of anilines is 2. The Morgan fingerprint density at radius 3 is 2.86 bits per heavy atom. The zero-order chi connectivity index (χ0) is 20.7. The molecule has 3 atom stereocenters. The standard InChI is InChI=1S/C22H20FN5O/c1-11-4-6-26-9-16(11)15-7-13-8-18(27-10-17(13)21(25)20(15)23)28-22(29)19-12(2)14(19)3-5-24/h4,6-10,12,14,19H,3,25H2,1-2H3,(H,27,28,29)/t12-,14-,19-/m0/s1. The van der Waals surface area contributed by atoms with Crippen LogP contribution in [0.25, 0.3) is 21.9 Å². The molecule has 29 heavy (non-hydrogen) atoms. The van der Waals surface area contributed by atoms with Crippen molar-refractivity contribution >= 4 is 28.2 Å². The number of nitrogens with two attached hydrogens (primary N) is 1. The number of hydrogen-bond acceptors (Lipinski definition) is 5. The van der Waals surface area contributed by atoms with Crippen LogP contribution in [0.1, 0.15) is 18.9 Å². The van der Waals surface area contributed by atoms with Crippen LogP contribution in [0.2, 0.25) is 0 Å². The second-order valence-electron chi connectivity index (χ2n) is 7.53. The zero-order valence-corrected chi connectivity index (χ0v) is 16.1. The van der Waals surface area contributed by atoms with Crippen molar-refractivity contribution in [2.45, 2.75) is 20.3 Å². The number of hydrogen-bond donors (Lipinski definition) is 2. The summed E-state index contributed by atoms with van der Waals surface area (Å²) in [5.41, 5.74) is 7.94. The monoisotopic (exact) mass is 389 g/mol. The number of aryl methyl sites for hydroxylation is 1. The first-order valence-electron chi connectivity index (χ1n) is 9.39. The summed E-state index contributed by atoms with van der Waals surface area (Å²) in [4.78, 5) is 20.8. The Kier molecular flexibility index (Phi) is 4.63. The summed E-state index contributed by atoms with van der Waals surface area (Å²) in [6.07, 6.45) is 5.09. The van der Waals surface area contributed by atoms with E-state index < -0.39 is 5.82 Å². The van der Waals surface area contributed by atoms with Gasteiger partial charge >= 0.3 is 0 Å². The smallest absolute Gasteiger partial charge is 0.229 e. The first-order chi connectivity index (χ1) is 13.9. The molecule has 1 amide bonds. The summed E-state index contributed by atoms with van der Waals surface area (Å²) in [5.74, 6) is -0.206. The Bertz CT molecular complexity index is 1170. The molecule has 0 radical (unpaired) electrons. The Morgan fingerprint density at radius 1 is 1.34 bits per heavy atom. The quantitative estimate of drug-likeness (QED) is 0.655. The van der Waals surface area contributed by atoms with Gasteiger partial charge in [-0.15, -0.1) is 0 Å². The molecule has 1 fully saturated rings. The molecule has 2 aromatic heterocycles. The third-order valence-electron chi connectivity index (χ3n) is 5.77. The van der Waals surface area contributed by atoms with Gasteiger partial charge in [-0.3, -0.25) is 9.78 Å². The van der Waals surface area contributed by atoms with Crippen molar-refractivity contribution in [3.63, 3.8) is 0 Å². The number of carbonyl (C=O) groups excluding carboxylic acids is 1. The Balaban J connectivity index is 1.69. The summed E-state index contributed by atoms with van der Waals surface area (Å²) < 4.78 is 14.9. The fourth-order valence-corrected chi connectivity index (χ4v) is 3.91. The first-order valence-corrected chi connectivity index (χ1v) is 9.39. The second-order valence-corrected chi connectivity index (χ2v) is 7.53. The summed E-state index contributed by atoms with van der Waals surface area (Å²) in [5, 5.41) is 12.8. The molecule has 3 aromatic rings. The predicted molar refractivity (Wildman–Crippen MR) is 109 cm³/mol. The number of nitriles is 1. The van der Waals surface area contributed by atoms with Crippen molar-refractivity contribution < 1.29 is 9.18 Å². The number of pyridine rings is 2. The van der Waals surface area contributed by atoms with Gasteiger partial charge in [0.15, 0.2) is 5.82 Å². The van der Waals surface area contributed by atoms with Crippen molar-refractivity contribution in [2.24, 2.45) is 17.8 Å². The number of aromatic nitrogens is 2. The number of benzene rings is 1. The molecule has 0 aliphatic heterocycles. The van der Waals surface area contributed by atoms with E-state index in [9.17, 15) is 9.18 Å². The zero-order valence-electron chi connectivity index (χ0n) is 16.1. The molecule has 4 rings (SSSR count). The minimum absolute atomic E-state index is 0.0102. The van der Waals surface area contributed by atoms with Gasteiger partial charge in [0.2, 0.25) is 5.91 Å². The molecule has 0 unspecified atom stereocenters. The largest absolute Gasteiger partial charge is 0.396 e. The van der Waals surface area contributed by atoms with Crippen LogP contribution in [0.3, 0.4) is 0 Å². The lowest BCUT2D eigenvalue weighted by molar-refractivity contribution is -0.117. The normalized spacial score (nSPS) is 20.3. The lowest BCUT2D eigenvalue weighted by Crippen LogP contribution is -2.16. The Hall–Kier alpha value is -3.53. The van der Waals surface area contributed by atoms with E-state index in [2.05, 4.69) is 21.4 Å². The van der Waals surface area contributed by atoms with Gasteiger partial charge in [-0.05, 0) is 47.9 Å². The summed E-state index contributed by atoms with van der Waals surface area (Å²) in [6, 6.07) is 7.31. The van der Waals surface area contributed by atoms with E-state index in [1.807, 2.05) is 19.9 Å². The van der Waals surface area contributed by atoms with Gasteiger partial charge in [-0.1, -0.05) is 6.92 Å². The van der Waals surface area contributed by atoms with E-state index in [4.69, 9.17) is 11.0 Å². The number of nitrogens with one attached hydrogen (secondary N) is 1. The average Bonchev–Trinajstić information content (AvgIpc) is 3.34. The van der Waals surface area contributed by atoms with E-state index in [1.54, 1.807) is 24.5 Å². The van der Waals surface area contributed by atoms with E-state index in [-0.39, 0.29) is 29.3 Å². The van der Waals surface area contributed by atoms with Crippen molar-refractivity contribution in [3.05, 3.63) is 48.2 Å². The molecule has 1 aliphatic carbocycles. The summed E-state index contributed by atoms with van der Waals surface area (Å²) >= 11 is 0. The van der Waals surface area contributed by atoms with E-state index in [0.717, 1.165) is 5.56 Å². The van der Waals surface area contributed by atoms with Crippen molar-refractivity contribution in [1.82, 2.24) is 9.97 Å². The molecule has 0 saturated heterocycles. The maximum absolute atomic E-state index is 14.9. The Labute approximate surface area is 167 Å². The molecule has 2 heterocycles. The maximum atomic E-state index is 14.9. The number of fused-ring (bicyclic) bond motifs is 1. The highest BCUT2D eigenvalue weighted by molar-refractivity contribution is 6.00. The lowest BCUT2D eigenvalue weighted by atomic mass is 9.98. The number of nitrogens with zero attached hydrogens (tertiary/aromatic N) is 3. The molecule has 146 valence electrons. The average molecular weight is 389 g/mol. The number of rotatable bonds is 4. The number of carbonyl (C=O) groups is 1. The second kappa shape index (κ2) is 7.13. The van der Waals surface area contributed by atoms with E-state index in [0.29, 0.717) is 34.1 Å². The van der Waals surface area contributed by atoms with Gasteiger partial charge in [0, 0.05) is 47.4 Å². The van der Waals surface area contributed by atoms with Crippen LogP contribution in [0.5, 0.6) is 0 Å². The fraction of sp³-hybridized carbons (Fsp3) is 0.273. The van der Waals surface area contributed by atoms with Gasteiger partial charge in [0.05, 0.1) is 11.8 Å². The SMILES string of the molecule is Cc1ccncc1-c1cc2cc(NC(=O)[C@H]3[C@@H](C)[C@@H]3CC#N)ncc2c(N)c1F. The molecule has 3 N–H and O–H groups in total. The third-order valence-corrected chi connectivity index (χ3v) is 5.77. The molecular weight excluding hydrogens is 369 g/mol. The van der Waals surface area contributed by atoms with E-state index in [1.165, 1.54) is 6.20 Å². The van der Waals surface area contributed by atoms with Crippen molar-refractivity contribution in [1.29, 1.82) is 5.26 Å². The fourth-order valence-electron chi connectivity index (χ4n) is 3.91. The molecular formula is C22H20FN5O. The first kappa shape index (κ1) is 18.8. The van der Waals surface area contributed by atoms with Gasteiger partial charge < -0.3 is 11.1 Å². The van der Waals surface area contributed by atoms with Gasteiger partial charge in [-0.2, -0.15) is 5.26 Å². The number of amides is 1. The predicted octanol–water partition coefficient (Wildman–Crippen LogP) is 4.06. The highest BCUT2D eigenvalue weighted by atomic mass is 19.1. The molecule has 6 nitrogen and oxygen atoms in total. The van der Waals surface area contributed by atoms with Crippen LogP contribution in [0, 0.1) is 41.8 Å². The minimum atomic E-state index is -0.515. The van der Waals surface area contributed by atoms with Crippen LogP contribution in [-0.2, 0) is 4.79 Å².